The first-order valence-corrected chi connectivity index (χ1v) is 8.34. The summed E-state index contributed by atoms with van der Waals surface area (Å²) >= 11 is 0. The normalized spacial score (nSPS) is 24.2. The topological polar surface area (TPSA) is 72.6 Å². The van der Waals surface area contributed by atoms with Gasteiger partial charge in [-0.1, -0.05) is 0 Å². The van der Waals surface area contributed by atoms with Crippen LogP contribution in [0.15, 0.2) is 17.0 Å². The molecule has 0 aromatic heterocycles. The first-order chi connectivity index (χ1) is 9.75. The van der Waals surface area contributed by atoms with Gasteiger partial charge < -0.3 is 10.5 Å². The predicted octanol–water partition coefficient (Wildman–Crippen LogP) is 1.39. The Labute approximate surface area is 124 Å². The van der Waals surface area contributed by atoms with E-state index in [4.69, 9.17) is 10.5 Å². The van der Waals surface area contributed by atoms with Gasteiger partial charge in [0.15, 0.2) is 0 Å². The van der Waals surface area contributed by atoms with Gasteiger partial charge in [0.05, 0.1) is 17.1 Å². The second-order valence-corrected chi connectivity index (χ2v) is 7.43. The van der Waals surface area contributed by atoms with Gasteiger partial charge in [-0.05, 0) is 38.5 Å². The number of nitrogens with two attached hydrogens (primary N) is 1. The summed E-state index contributed by atoms with van der Waals surface area (Å²) in [6.07, 6.45) is -0.335. The maximum atomic E-state index is 13.8. The molecule has 21 heavy (non-hydrogen) atoms. The van der Waals surface area contributed by atoms with Crippen LogP contribution in [0.2, 0.25) is 0 Å². The fraction of sp³-hybridized carbons (Fsp3) is 0.571. The van der Waals surface area contributed by atoms with Gasteiger partial charge in [0.2, 0.25) is 10.0 Å². The molecule has 0 saturated carbocycles. The van der Waals surface area contributed by atoms with E-state index in [1.807, 2.05) is 13.8 Å². The Bertz CT molecular complexity index is 623. The van der Waals surface area contributed by atoms with E-state index in [9.17, 15) is 12.8 Å². The van der Waals surface area contributed by atoms with Gasteiger partial charge in [0.1, 0.15) is 5.82 Å². The van der Waals surface area contributed by atoms with Gasteiger partial charge in [-0.25, -0.2) is 12.8 Å². The molecule has 2 rings (SSSR count). The molecule has 1 heterocycles. The number of aryl methyl sites for hydroxylation is 1. The number of rotatable bonds is 3. The van der Waals surface area contributed by atoms with E-state index >= 15 is 0 Å². The quantitative estimate of drug-likeness (QED) is 0.914. The Hall–Kier alpha value is -1.02. The van der Waals surface area contributed by atoms with Crippen molar-refractivity contribution in [3.63, 3.8) is 0 Å². The summed E-state index contributed by atoms with van der Waals surface area (Å²) in [5.74, 6) is -0.444. The lowest BCUT2D eigenvalue weighted by Gasteiger charge is -2.34. The minimum Gasteiger partial charge on any atom is -0.373 e. The molecule has 0 spiro atoms. The molecule has 118 valence electrons. The molecule has 0 aliphatic carbocycles. The molecule has 0 radical (unpaired) electrons. The maximum absolute atomic E-state index is 13.8. The standard InChI is InChI=1S/C14H21FN2O3S/c1-9-4-13(5-12(6-16)14(9)15)21(18,19)17-7-10(2)20-11(3)8-17/h4-5,10-11H,6-8,16H2,1-3H3/t10-,11+. The fourth-order valence-corrected chi connectivity index (χ4v) is 4.31. The number of benzene rings is 1. The molecule has 5 nitrogen and oxygen atoms in total. The molecule has 1 saturated heterocycles. The Kier molecular flexibility index (Phi) is 4.67. The van der Waals surface area contributed by atoms with E-state index < -0.39 is 15.8 Å². The van der Waals surface area contributed by atoms with Gasteiger partial charge in [-0.2, -0.15) is 4.31 Å². The molecule has 1 aromatic carbocycles. The van der Waals surface area contributed by atoms with Crippen LogP contribution < -0.4 is 5.73 Å². The molecule has 0 bridgehead atoms. The summed E-state index contributed by atoms with van der Waals surface area (Å²) in [6.45, 7) is 5.75. The molecule has 1 aliphatic heterocycles. The largest absolute Gasteiger partial charge is 0.373 e. The van der Waals surface area contributed by atoms with Crippen LogP contribution in [0.25, 0.3) is 0 Å². The molecule has 1 aliphatic rings. The minimum atomic E-state index is -3.67. The number of halogens is 1. The Balaban J connectivity index is 2.42. The van der Waals surface area contributed by atoms with Crippen molar-refractivity contribution < 1.29 is 17.5 Å². The highest BCUT2D eigenvalue weighted by Crippen LogP contribution is 2.24. The van der Waals surface area contributed by atoms with Crippen LogP contribution >= 0.6 is 0 Å². The third-order valence-electron chi connectivity index (χ3n) is 3.55. The molecule has 0 amide bonds. The Morgan fingerprint density at radius 1 is 1.33 bits per heavy atom. The Morgan fingerprint density at radius 2 is 1.90 bits per heavy atom. The fourth-order valence-electron chi connectivity index (χ4n) is 2.58. The number of nitrogens with zero attached hydrogens (tertiary/aromatic N) is 1. The molecule has 1 fully saturated rings. The SMILES string of the molecule is Cc1cc(S(=O)(=O)N2C[C@@H](C)O[C@@H](C)C2)cc(CN)c1F. The van der Waals surface area contributed by atoms with Crippen molar-refractivity contribution in [3.8, 4) is 0 Å². The van der Waals surface area contributed by atoms with Crippen LogP contribution in [-0.2, 0) is 21.3 Å². The second kappa shape index (κ2) is 6.00. The highest BCUT2D eigenvalue weighted by Gasteiger charge is 2.32. The number of hydrogen-bond donors (Lipinski definition) is 1. The summed E-state index contributed by atoms with van der Waals surface area (Å²) < 4.78 is 46.2. The number of sulfonamides is 1. The van der Waals surface area contributed by atoms with Crippen LogP contribution in [0.1, 0.15) is 25.0 Å². The second-order valence-electron chi connectivity index (χ2n) is 5.50. The average molecular weight is 316 g/mol. The van der Waals surface area contributed by atoms with E-state index in [1.54, 1.807) is 0 Å². The minimum absolute atomic E-state index is 0.0358. The molecule has 2 N–H and O–H groups in total. The van der Waals surface area contributed by atoms with Crippen molar-refractivity contribution in [1.29, 1.82) is 0 Å². The van der Waals surface area contributed by atoms with Crippen LogP contribution in [0.5, 0.6) is 0 Å². The lowest BCUT2D eigenvalue weighted by Crippen LogP contribution is -2.48. The van der Waals surface area contributed by atoms with Crippen molar-refractivity contribution in [2.75, 3.05) is 13.1 Å². The summed E-state index contributed by atoms with van der Waals surface area (Å²) in [4.78, 5) is 0.0863. The van der Waals surface area contributed by atoms with Gasteiger partial charge in [-0.3, -0.25) is 0 Å². The van der Waals surface area contributed by atoms with Crippen LogP contribution in [0.3, 0.4) is 0 Å². The maximum Gasteiger partial charge on any atom is 0.243 e. The van der Waals surface area contributed by atoms with Crippen molar-refractivity contribution in [3.05, 3.63) is 29.1 Å². The molecule has 2 atom stereocenters. The average Bonchev–Trinajstić information content (AvgIpc) is 2.40. The van der Waals surface area contributed by atoms with Crippen molar-refractivity contribution in [2.45, 2.75) is 44.4 Å². The zero-order valence-corrected chi connectivity index (χ0v) is 13.3. The van der Waals surface area contributed by atoms with E-state index in [-0.39, 0.29) is 34.8 Å². The molecule has 7 heteroatoms. The van der Waals surface area contributed by atoms with E-state index in [0.717, 1.165) is 0 Å². The summed E-state index contributed by atoms with van der Waals surface area (Å²) in [7, 11) is -3.67. The van der Waals surface area contributed by atoms with Gasteiger partial charge >= 0.3 is 0 Å². The van der Waals surface area contributed by atoms with Crippen LogP contribution in [0, 0.1) is 12.7 Å². The number of ether oxygens (including phenoxy) is 1. The zero-order valence-electron chi connectivity index (χ0n) is 12.5. The van der Waals surface area contributed by atoms with Gasteiger partial charge in [-0.15, -0.1) is 0 Å². The molecule has 0 unspecified atom stereocenters. The third kappa shape index (κ3) is 3.26. The summed E-state index contributed by atoms with van der Waals surface area (Å²) in [5, 5.41) is 0. The third-order valence-corrected chi connectivity index (χ3v) is 5.36. The van der Waals surface area contributed by atoms with Crippen molar-refractivity contribution in [2.24, 2.45) is 5.73 Å². The molecular weight excluding hydrogens is 295 g/mol. The first kappa shape index (κ1) is 16.4. The highest BCUT2D eigenvalue weighted by atomic mass is 32.2. The van der Waals surface area contributed by atoms with Crippen molar-refractivity contribution >= 4 is 10.0 Å². The molecular formula is C14H21FN2O3S. The van der Waals surface area contributed by atoms with E-state index in [0.29, 0.717) is 13.1 Å². The van der Waals surface area contributed by atoms with E-state index in [1.165, 1.54) is 23.4 Å². The summed E-state index contributed by atoms with van der Waals surface area (Å²) in [5.41, 5.74) is 5.98. The molecule has 1 aromatic rings. The van der Waals surface area contributed by atoms with E-state index in [2.05, 4.69) is 0 Å². The monoisotopic (exact) mass is 316 g/mol. The smallest absolute Gasteiger partial charge is 0.243 e. The zero-order chi connectivity index (χ0) is 15.8. The predicted molar refractivity (Wildman–Crippen MR) is 77.8 cm³/mol. The lowest BCUT2D eigenvalue weighted by molar-refractivity contribution is -0.0440. The van der Waals surface area contributed by atoms with Gasteiger partial charge in [0.25, 0.3) is 0 Å². The first-order valence-electron chi connectivity index (χ1n) is 6.90. The number of morpholine rings is 1. The van der Waals surface area contributed by atoms with Crippen molar-refractivity contribution in [1.82, 2.24) is 4.31 Å². The summed E-state index contributed by atoms with van der Waals surface area (Å²) in [6, 6.07) is 2.68. The van der Waals surface area contributed by atoms with Crippen LogP contribution in [0.4, 0.5) is 4.39 Å². The Morgan fingerprint density at radius 3 is 2.43 bits per heavy atom. The number of hydrogen-bond acceptors (Lipinski definition) is 4. The highest BCUT2D eigenvalue weighted by molar-refractivity contribution is 7.89. The van der Waals surface area contributed by atoms with Crippen LogP contribution in [-0.4, -0.2) is 38.0 Å². The lowest BCUT2D eigenvalue weighted by atomic mass is 10.1. The van der Waals surface area contributed by atoms with Gasteiger partial charge in [0, 0.05) is 25.2 Å².